The van der Waals surface area contributed by atoms with Crippen LogP contribution in [0.4, 0.5) is 13.2 Å². The summed E-state index contributed by atoms with van der Waals surface area (Å²) < 4.78 is 38.1. The third-order valence-electron chi connectivity index (χ3n) is 2.19. The predicted molar refractivity (Wildman–Crippen MR) is 68.7 cm³/mol. The second kappa shape index (κ2) is 6.36. The molecule has 1 aromatic heterocycles. The smallest absolute Gasteiger partial charge is 0.328 e. The van der Waals surface area contributed by atoms with Gasteiger partial charge in [-0.25, -0.2) is 4.98 Å². The van der Waals surface area contributed by atoms with Crippen LogP contribution in [-0.2, 0) is 0 Å². The number of halogens is 4. The number of amides is 1. The number of carbonyl (C=O) groups is 1. The van der Waals surface area contributed by atoms with Crippen molar-refractivity contribution in [2.75, 3.05) is 13.1 Å². The number of alkyl halides is 3. The average Bonchev–Trinajstić information content (AvgIpc) is 2.25. The Morgan fingerprint density at radius 3 is 2.47 bits per heavy atom. The minimum Gasteiger partial charge on any atom is -0.328 e. The second-order valence-corrected chi connectivity index (χ2v) is 5.47. The first kappa shape index (κ1) is 15.9. The second-order valence-electron chi connectivity index (χ2n) is 4.56. The lowest BCUT2D eigenvalue weighted by atomic mass is 10.2. The maximum Gasteiger partial charge on any atom is 0.406 e. The Kier molecular flexibility index (Phi) is 5.34. The summed E-state index contributed by atoms with van der Waals surface area (Å²) in [5.74, 6) is -0.764. The van der Waals surface area contributed by atoms with Gasteiger partial charge in [0.05, 0.1) is 0 Å². The summed E-state index contributed by atoms with van der Waals surface area (Å²) in [7, 11) is 0. The fourth-order valence-corrected chi connectivity index (χ4v) is 1.78. The molecule has 0 aliphatic rings. The van der Waals surface area contributed by atoms with Gasteiger partial charge in [-0.2, -0.15) is 13.2 Å². The highest BCUT2D eigenvalue weighted by Crippen LogP contribution is 2.19. The van der Waals surface area contributed by atoms with Crippen molar-refractivity contribution in [3.05, 3.63) is 28.5 Å². The van der Waals surface area contributed by atoms with Crippen LogP contribution in [0, 0.1) is 5.92 Å². The normalized spacial score (nSPS) is 11.7. The van der Waals surface area contributed by atoms with Gasteiger partial charge in [-0.05, 0) is 34.0 Å². The van der Waals surface area contributed by atoms with Crippen molar-refractivity contribution >= 4 is 21.8 Å². The molecule has 0 N–H and O–H groups in total. The molecule has 0 unspecified atom stereocenters. The highest BCUT2D eigenvalue weighted by atomic mass is 79.9. The van der Waals surface area contributed by atoms with E-state index in [2.05, 4.69) is 20.9 Å². The third kappa shape index (κ3) is 5.59. The van der Waals surface area contributed by atoms with E-state index in [0.717, 1.165) is 4.90 Å². The molecule has 19 heavy (non-hydrogen) atoms. The van der Waals surface area contributed by atoms with Crippen molar-refractivity contribution in [2.45, 2.75) is 20.0 Å². The summed E-state index contributed by atoms with van der Waals surface area (Å²) in [6, 6.07) is 2.97. The van der Waals surface area contributed by atoms with Crippen LogP contribution in [0.1, 0.15) is 24.3 Å². The van der Waals surface area contributed by atoms with E-state index in [-0.39, 0.29) is 18.2 Å². The Labute approximate surface area is 117 Å². The topological polar surface area (TPSA) is 33.2 Å². The van der Waals surface area contributed by atoms with Gasteiger partial charge in [0.25, 0.3) is 5.91 Å². The number of nitrogens with zero attached hydrogens (tertiary/aromatic N) is 2. The van der Waals surface area contributed by atoms with Gasteiger partial charge in [-0.15, -0.1) is 0 Å². The number of rotatable bonds is 4. The molecule has 0 aromatic carbocycles. The largest absolute Gasteiger partial charge is 0.406 e. The van der Waals surface area contributed by atoms with Crippen molar-refractivity contribution in [1.29, 1.82) is 0 Å². The van der Waals surface area contributed by atoms with Crippen LogP contribution in [-0.4, -0.2) is 35.1 Å². The van der Waals surface area contributed by atoms with Gasteiger partial charge in [0, 0.05) is 17.2 Å². The van der Waals surface area contributed by atoms with Crippen molar-refractivity contribution in [1.82, 2.24) is 9.88 Å². The van der Waals surface area contributed by atoms with Crippen molar-refractivity contribution in [2.24, 2.45) is 5.92 Å². The Bertz CT molecular complexity index is 432. The summed E-state index contributed by atoms with van der Waals surface area (Å²) in [5, 5.41) is 0. The molecule has 0 fully saturated rings. The first-order chi connectivity index (χ1) is 8.69. The van der Waals surface area contributed by atoms with E-state index in [9.17, 15) is 18.0 Å². The fraction of sp³-hybridized carbons (Fsp3) is 0.500. The van der Waals surface area contributed by atoms with Crippen LogP contribution in [0.3, 0.4) is 0 Å². The SMILES string of the molecule is CC(C)CN(CC(F)(F)F)C(=O)c1ccc(Br)cn1. The monoisotopic (exact) mass is 338 g/mol. The molecule has 1 amide bonds. The molecule has 0 radical (unpaired) electrons. The van der Waals surface area contributed by atoms with Gasteiger partial charge in [-0.3, -0.25) is 4.79 Å². The zero-order valence-electron chi connectivity index (χ0n) is 10.5. The van der Waals surface area contributed by atoms with E-state index in [0.29, 0.717) is 4.47 Å². The first-order valence-electron chi connectivity index (χ1n) is 5.66. The maximum absolute atomic E-state index is 12.5. The Hall–Kier alpha value is -1.11. The summed E-state index contributed by atoms with van der Waals surface area (Å²) >= 11 is 3.15. The summed E-state index contributed by atoms with van der Waals surface area (Å²) in [6.07, 6.45) is -3.03. The number of pyridine rings is 1. The molecule has 3 nitrogen and oxygen atoms in total. The molecular weight excluding hydrogens is 325 g/mol. The van der Waals surface area contributed by atoms with E-state index < -0.39 is 18.6 Å². The van der Waals surface area contributed by atoms with Crippen LogP contribution in [0.5, 0.6) is 0 Å². The van der Waals surface area contributed by atoms with Gasteiger partial charge in [0.1, 0.15) is 12.2 Å². The van der Waals surface area contributed by atoms with Gasteiger partial charge in [-0.1, -0.05) is 13.8 Å². The van der Waals surface area contributed by atoms with Gasteiger partial charge >= 0.3 is 6.18 Å². The number of aromatic nitrogens is 1. The standard InChI is InChI=1S/C12H14BrF3N2O/c1-8(2)6-18(7-12(14,15)16)11(19)10-4-3-9(13)5-17-10/h3-5,8H,6-7H2,1-2H3. The highest BCUT2D eigenvalue weighted by Gasteiger charge is 2.33. The Morgan fingerprint density at radius 1 is 1.42 bits per heavy atom. The van der Waals surface area contributed by atoms with Crippen molar-refractivity contribution < 1.29 is 18.0 Å². The van der Waals surface area contributed by atoms with Crippen molar-refractivity contribution in [3.63, 3.8) is 0 Å². The molecule has 0 spiro atoms. The van der Waals surface area contributed by atoms with E-state index >= 15 is 0 Å². The van der Waals surface area contributed by atoms with Crippen LogP contribution in [0.2, 0.25) is 0 Å². The molecule has 0 atom stereocenters. The van der Waals surface area contributed by atoms with Crippen LogP contribution in [0.25, 0.3) is 0 Å². The Morgan fingerprint density at radius 2 is 2.05 bits per heavy atom. The van der Waals surface area contributed by atoms with Crippen LogP contribution >= 0.6 is 15.9 Å². The van der Waals surface area contributed by atoms with Gasteiger partial charge in [0.2, 0.25) is 0 Å². The minimum atomic E-state index is -4.42. The van der Waals surface area contributed by atoms with Gasteiger partial charge < -0.3 is 4.90 Å². The number of hydrogen-bond acceptors (Lipinski definition) is 2. The lowest BCUT2D eigenvalue weighted by Crippen LogP contribution is -2.41. The fourth-order valence-electron chi connectivity index (χ4n) is 1.54. The molecule has 7 heteroatoms. The Balaban J connectivity index is 2.90. The van der Waals surface area contributed by atoms with E-state index in [1.807, 2.05) is 0 Å². The molecular formula is C12H14BrF3N2O. The zero-order chi connectivity index (χ0) is 14.6. The number of hydrogen-bond donors (Lipinski definition) is 0. The van der Waals surface area contributed by atoms with Crippen molar-refractivity contribution in [3.8, 4) is 0 Å². The lowest BCUT2D eigenvalue weighted by molar-refractivity contribution is -0.141. The molecule has 0 saturated heterocycles. The van der Waals surface area contributed by atoms with Crippen LogP contribution in [0.15, 0.2) is 22.8 Å². The molecule has 0 saturated carbocycles. The first-order valence-corrected chi connectivity index (χ1v) is 6.46. The molecule has 0 bridgehead atoms. The van der Waals surface area contributed by atoms with E-state index in [1.54, 1.807) is 19.9 Å². The zero-order valence-corrected chi connectivity index (χ0v) is 12.1. The predicted octanol–water partition coefficient (Wildman–Crippen LogP) is 3.50. The summed E-state index contributed by atoms with van der Waals surface area (Å²) in [6.45, 7) is 2.29. The molecule has 1 aromatic rings. The molecule has 1 rings (SSSR count). The van der Waals surface area contributed by atoms with E-state index in [1.165, 1.54) is 12.3 Å². The highest BCUT2D eigenvalue weighted by molar-refractivity contribution is 9.10. The van der Waals surface area contributed by atoms with Crippen LogP contribution < -0.4 is 0 Å². The minimum absolute atomic E-state index is 0.00750. The van der Waals surface area contributed by atoms with E-state index in [4.69, 9.17) is 0 Å². The summed E-state index contributed by atoms with van der Waals surface area (Å²) in [5.41, 5.74) is 0.00750. The molecule has 106 valence electrons. The lowest BCUT2D eigenvalue weighted by Gasteiger charge is -2.25. The molecule has 0 aliphatic heterocycles. The quantitative estimate of drug-likeness (QED) is 0.841. The maximum atomic E-state index is 12.5. The number of carbonyl (C=O) groups excluding carboxylic acids is 1. The third-order valence-corrected chi connectivity index (χ3v) is 2.66. The average molecular weight is 339 g/mol. The molecule has 1 heterocycles. The summed E-state index contributed by atoms with van der Waals surface area (Å²) in [4.78, 5) is 16.6. The van der Waals surface area contributed by atoms with Gasteiger partial charge in [0.15, 0.2) is 0 Å². The molecule has 0 aliphatic carbocycles.